The lowest BCUT2D eigenvalue weighted by atomic mass is 10.3. The molecule has 1 saturated carbocycles. The normalized spacial score (nSPS) is 14.0. The van der Waals surface area contributed by atoms with E-state index >= 15 is 0 Å². The van der Waals surface area contributed by atoms with E-state index in [-0.39, 0.29) is 0 Å². The van der Waals surface area contributed by atoms with Gasteiger partial charge < -0.3 is 14.8 Å². The fourth-order valence-corrected chi connectivity index (χ4v) is 2.04. The van der Waals surface area contributed by atoms with Crippen molar-refractivity contribution in [2.24, 2.45) is 0 Å². The van der Waals surface area contributed by atoms with Crippen molar-refractivity contribution >= 4 is 0 Å². The third-order valence-corrected chi connectivity index (χ3v) is 3.29. The van der Waals surface area contributed by atoms with Crippen LogP contribution in [0.3, 0.4) is 0 Å². The second-order valence-electron chi connectivity index (χ2n) is 5.13. The Hall–Kier alpha value is -2.07. The zero-order chi connectivity index (χ0) is 14.5. The molecule has 2 aromatic rings. The molecule has 0 radical (unpaired) electrons. The second-order valence-corrected chi connectivity index (χ2v) is 5.13. The van der Waals surface area contributed by atoms with E-state index in [1.165, 1.54) is 12.8 Å². The Labute approximate surface area is 125 Å². The van der Waals surface area contributed by atoms with Crippen molar-refractivity contribution in [1.82, 2.24) is 10.3 Å². The van der Waals surface area contributed by atoms with Gasteiger partial charge in [-0.05, 0) is 50.1 Å². The molecule has 0 amide bonds. The summed E-state index contributed by atoms with van der Waals surface area (Å²) in [5, 5.41) is 3.45. The standard InChI is InChI=1S/C17H20N2O2/c1-2-20-15-8-10-16(11-9-15)21-17-5-3-4-14(19-17)12-18-13-6-7-13/h3-5,8-11,13,18H,2,6-7,12H2,1H3. The van der Waals surface area contributed by atoms with Gasteiger partial charge in [-0.15, -0.1) is 0 Å². The van der Waals surface area contributed by atoms with Crippen molar-refractivity contribution < 1.29 is 9.47 Å². The van der Waals surface area contributed by atoms with E-state index in [9.17, 15) is 0 Å². The Morgan fingerprint density at radius 3 is 2.57 bits per heavy atom. The van der Waals surface area contributed by atoms with Crippen LogP contribution in [0.4, 0.5) is 0 Å². The summed E-state index contributed by atoms with van der Waals surface area (Å²) in [5.74, 6) is 2.23. The van der Waals surface area contributed by atoms with Crippen LogP contribution in [0.5, 0.6) is 17.4 Å². The molecule has 3 rings (SSSR count). The zero-order valence-corrected chi connectivity index (χ0v) is 12.2. The molecule has 0 bridgehead atoms. The van der Waals surface area contributed by atoms with Crippen LogP contribution in [0.25, 0.3) is 0 Å². The third kappa shape index (κ3) is 4.20. The van der Waals surface area contributed by atoms with E-state index in [0.717, 1.165) is 23.7 Å². The number of pyridine rings is 1. The largest absolute Gasteiger partial charge is 0.494 e. The predicted octanol–water partition coefficient (Wildman–Crippen LogP) is 3.52. The van der Waals surface area contributed by atoms with Gasteiger partial charge >= 0.3 is 0 Å². The van der Waals surface area contributed by atoms with Gasteiger partial charge in [0.2, 0.25) is 5.88 Å². The lowest BCUT2D eigenvalue weighted by Crippen LogP contribution is -2.16. The molecule has 1 fully saturated rings. The molecule has 0 unspecified atom stereocenters. The van der Waals surface area contributed by atoms with Gasteiger partial charge in [-0.1, -0.05) is 6.07 Å². The molecule has 4 nitrogen and oxygen atoms in total. The lowest BCUT2D eigenvalue weighted by Gasteiger charge is -2.08. The number of rotatable bonds is 7. The maximum absolute atomic E-state index is 5.78. The molecule has 4 heteroatoms. The van der Waals surface area contributed by atoms with Gasteiger partial charge in [-0.3, -0.25) is 0 Å². The molecule has 1 aliphatic carbocycles. The first-order chi connectivity index (χ1) is 10.3. The van der Waals surface area contributed by atoms with Gasteiger partial charge in [0.05, 0.1) is 12.3 Å². The molecule has 0 atom stereocenters. The highest BCUT2D eigenvalue weighted by atomic mass is 16.5. The van der Waals surface area contributed by atoms with Crippen LogP contribution in [0.15, 0.2) is 42.5 Å². The average Bonchev–Trinajstić information content (AvgIpc) is 3.32. The Morgan fingerprint density at radius 2 is 1.86 bits per heavy atom. The summed E-state index contributed by atoms with van der Waals surface area (Å²) >= 11 is 0. The van der Waals surface area contributed by atoms with Crippen LogP contribution in [-0.4, -0.2) is 17.6 Å². The molecule has 21 heavy (non-hydrogen) atoms. The molecule has 1 N–H and O–H groups in total. The summed E-state index contributed by atoms with van der Waals surface area (Å²) < 4.78 is 11.2. The SMILES string of the molecule is CCOc1ccc(Oc2cccc(CNC3CC3)n2)cc1. The number of hydrogen-bond donors (Lipinski definition) is 1. The van der Waals surface area contributed by atoms with Crippen LogP contribution in [0, 0.1) is 0 Å². The van der Waals surface area contributed by atoms with Gasteiger partial charge in [0.15, 0.2) is 0 Å². The Balaban J connectivity index is 1.61. The molecule has 0 spiro atoms. The minimum atomic E-state index is 0.620. The van der Waals surface area contributed by atoms with Crippen molar-refractivity contribution in [3.8, 4) is 17.4 Å². The molecule has 1 aliphatic rings. The number of ether oxygens (including phenoxy) is 2. The van der Waals surface area contributed by atoms with Crippen molar-refractivity contribution in [2.75, 3.05) is 6.61 Å². The smallest absolute Gasteiger partial charge is 0.219 e. The highest BCUT2D eigenvalue weighted by molar-refractivity contribution is 5.33. The number of hydrogen-bond acceptors (Lipinski definition) is 4. The van der Waals surface area contributed by atoms with Crippen LogP contribution in [0.1, 0.15) is 25.5 Å². The molecule has 110 valence electrons. The van der Waals surface area contributed by atoms with Gasteiger partial charge in [0.1, 0.15) is 11.5 Å². The van der Waals surface area contributed by atoms with E-state index < -0.39 is 0 Å². The minimum absolute atomic E-state index is 0.620. The van der Waals surface area contributed by atoms with Crippen LogP contribution in [0.2, 0.25) is 0 Å². The van der Waals surface area contributed by atoms with Crippen molar-refractivity contribution in [1.29, 1.82) is 0 Å². The van der Waals surface area contributed by atoms with E-state index in [4.69, 9.17) is 9.47 Å². The van der Waals surface area contributed by atoms with Crippen LogP contribution >= 0.6 is 0 Å². The van der Waals surface area contributed by atoms with Crippen LogP contribution < -0.4 is 14.8 Å². The summed E-state index contributed by atoms with van der Waals surface area (Å²) in [7, 11) is 0. The lowest BCUT2D eigenvalue weighted by molar-refractivity contribution is 0.339. The summed E-state index contributed by atoms with van der Waals surface area (Å²) in [6, 6.07) is 14.1. The maximum Gasteiger partial charge on any atom is 0.219 e. The van der Waals surface area contributed by atoms with Gasteiger partial charge in [0, 0.05) is 18.7 Å². The summed E-state index contributed by atoms with van der Waals surface area (Å²) in [4.78, 5) is 4.51. The van der Waals surface area contributed by atoms with E-state index in [0.29, 0.717) is 18.5 Å². The average molecular weight is 284 g/mol. The first-order valence-corrected chi connectivity index (χ1v) is 7.43. The van der Waals surface area contributed by atoms with Crippen molar-refractivity contribution in [2.45, 2.75) is 32.4 Å². The molecule has 0 saturated heterocycles. The number of nitrogens with zero attached hydrogens (tertiary/aromatic N) is 1. The quantitative estimate of drug-likeness (QED) is 0.844. The van der Waals surface area contributed by atoms with E-state index in [2.05, 4.69) is 10.3 Å². The topological polar surface area (TPSA) is 43.4 Å². The van der Waals surface area contributed by atoms with E-state index in [1.54, 1.807) is 0 Å². The van der Waals surface area contributed by atoms with Gasteiger partial charge in [0.25, 0.3) is 0 Å². The number of benzene rings is 1. The Morgan fingerprint density at radius 1 is 1.10 bits per heavy atom. The highest BCUT2D eigenvalue weighted by Crippen LogP contribution is 2.23. The first-order valence-electron chi connectivity index (χ1n) is 7.43. The Kier molecular flexibility index (Phi) is 4.36. The van der Waals surface area contributed by atoms with E-state index in [1.807, 2.05) is 49.4 Å². The molecule has 1 heterocycles. The fraction of sp³-hybridized carbons (Fsp3) is 0.353. The summed E-state index contributed by atoms with van der Waals surface area (Å²) in [6.07, 6.45) is 2.56. The van der Waals surface area contributed by atoms with Gasteiger partial charge in [-0.2, -0.15) is 0 Å². The summed E-state index contributed by atoms with van der Waals surface area (Å²) in [5.41, 5.74) is 1.00. The molecule has 1 aromatic heterocycles. The molecular weight excluding hydrogens is 264 g/mol. The zero-order valence-electron chi connectivity index (χ0n) is 12.2. The highest BCUT2D eigenvalue weighted by Gasteiger charge is 2.20. The second kappa shape index (κ2) is 6.59. The third-order valence-electron chi connectivity index (χ3n) is 3.29. The predicted molar refractivity (Wildman–Crippen MR) is 81.8 cm³/mol. The molecule has 1 aromatic carbocycles. The molecule has 0 aliphatic heterocycles. The first kappa shape index (κ1) is 13.9. The maximum atomic E-state index is 5.78. The van der Waals surface area contributed by atoms with Gasteiger partial charge in [-0.25, -0.2) is 4.98 Å². The summed E-state index contributed by atoms with van der Waals surface area (Å²) in [6.45, 7) is 3.43. The number of aromatic nitrogens is 1. The fourth-order valence-electron chi connectivity index (χ4n) is 2.04. The van der Waals surface area contributed by atoms with Crippen LogP contribution in [-0.2, 0) is 6.54 Å². The number of nitrogens with one attached hydrogen (secondary N) is 1. The van der Waals surface area contributed by atoms with Crippen molar-refractivity contribution in [3.05, 3.63) is 48.2 Å². The minimum Gasteiger partial charge on any atom is -0.494 e. The monoisotopic (exact) mass is 284 g/mol. The van der Waals surface area contributed by atoms with Crippen molar-refractivity contribution in [3.63, 3.8) is 0 Å². The Bertz CT molecular complexity index is 580. The molecular formula is C17H20N2O2.